The van der Waals surface area contributed by atoms with Gasteiger partial charge in [-0.2, -0.15) is 4.98 Å². The third-order valence-corrected chi connectivity index (χ3v) is 7.80. The first-order chi connectivity index (χ1) is 22.5. The van der Waals surface area contributed by atoms with Gasteiger partial charge in [0.25, 0.3) is 5.91 Å². The Balaban J connectivity index is 1.57. The van der Waals surface area contributed by atoms with E-state index in [-0.39, 0.29) is 11.9 Å². The maximum atomic E-state index is 12.8. The van der Waals surface area contributed by atoms with Crippen molar-refractivity contribution in [1.29, 1.82) is 0 Å². The van der Waals surface area contributed by atoms with Crippen molar-refractivity contribution >= 4 is 17.7 Å². The van der Waals surface area contributed by atoms with Gasteiger partial charge in [0.2, 0.25) is 5.95 Å². The number of nitrogens with two attached hydrogens (primary N) is 1. The first kappa shape index (κ1) is 39.2. The lowest BCUT2D eigenvalue weighted by molar-refractivity contribution is 0.0903. The fourth-order valence-electron chi connectivity index (χ4n) is 5.03. The molecule has 0 atom stereocenters. The lowest BCUT2D eigenvalue weighted by Gasteiger charge is -2.16. The van der Waals surface area contributed by atoms with Crippen molar-refractivity contribution in [2.24, 2.45) is 0 Å². The van der Waals surface area contributed by atoms with Crippen molar-refractivity contribution in [3.8, 4) is 5.75 Å². The molecule has 4 N–H and O–H groups in total. The molecule has 1 amide bonds. The van der Waals surface area contributed by atoms with Crippen LogP contribution in [0.15, 0.2) is 18.2 Å². The lowest BCUT2D eigenvalue weighted by atomic mass is 10.0. The number of carbonyl (C=O) groups is 1. The van der Waals surface area contributed by atoms with Gasteiger partial charge in [0.15, 0.2) is 0 Å². The Kier molecular flexibility index (Phi) is 21.5. The number of carbonyl (C=O) groups excluding carboxylic acids is 1. The molecule has 0 radical (unpaired) electrons. The van der Waals surface area contributed by atoms with Crippen molar-refractivity contribution in [1.82, 2.24) is 15.3 Å². The number of methoxy groups -OCH3 is 1. The first-order valence-electron chi connectivity index (χ1n) is 17.5. The monoisotopic (exact) mass is 643 g/mol. The minimum absolute atomic E-state index is 0.158. The van der Waals surface area contributed by atoms with E-state index < -0.39 is 0 Å². The maximum Gasteiger partial charge on any atom is 0.251 e. The van der Waals surface area contributed by atoms with Gasteiger partial charge in [0.1, 0.15) is 11.6 Å². The van der Waals surface area contributed by atoms with Crippen molar-refractivity contribution in [3.05, 3.63) is 40.6 Å². The molecule has 0 aliphatic heterocycles. The van der Waals surface area contributed by atoms with Crippen molar-refractivity contribution in [3.63, 3.8) is 0 Å². The highest BCUT2D eigenvalue weighted by atomic mass is 16.5. The van der Waals surface area contributed by atoms with E-state index in [2.05, 4.69) is 34.4 Å². The van der Waals surface area contributed by atoms with Crippen LogP contribution < -0.4 is 21.1 Å². The molecule has 260 valence electrons. The minimum atomic E-state index is -0.158. The number of nitrogen functional groups attached to an aromatic ring is 1. The molecular formula is C36H61N5O5. The van der Waals surface area contributed by atoms with E-state index in [1.54, 1.807) is 13.2 Å². The van der Waals surface area contributed by atoms with Gasteiger partial charge < -0.3 is 35.3 Å². The number of ether oxygens (including phenoxy) is 4. The van der Waals surface area contributed by atoms with Crippen LogP contribution in [0.4, 0.5) is 11.8 Å². The van der Waals surface area contributed by atoms with Gasteiger partial charge in [0.05, 0.1) is 13.7 Å². The number of hydrogen-bond acceptors (Lipinski definition) is 9. The number of aryl methyl sites for hydroxylation is 1. The molecule has 46 heavy (non-hydrogen) atoms. The summed E-state index contributed by atoms with van der Waals surface area (Å²) in [6, 6.07) is 5.51. The van der Waals surface area contributed by atoms with E-state index in [0.29, 0.717) is 37.5 Å². The minimum Gasteiger partial charge on any atom is -0.496 e. The Bertz CT molecular complexity index is 1100. The molecule has 0 aliphatic rings. The van der Waals surface area contributed by atoms with Gasteiger partial charge in [-0.1, -0.05) is 45.6 Å². The quantitative estimate of drug-likeness (QED) is 0.0850. The number of nitrogens with zero attached hydrogens (tertiary/aromatic N) is 2. The summed E-state index contributed by atoms with van der Waals surface area (Å²) in [7, 11) is 1.61. The summed E-state index contributed by atoms with van der Waals surface area (Å²) < 4.78 is 22.8. The zero-order valence-electron chi connectivity index (χ0n) is 29.1. The summed E-state index contributed by atoms with van der Waals surface area (Å²) in [4.78, 5) is 21.6. The summed E-state index contributed by atoms with van der Waals surface area (Å²) in [6.07, 6.45) is 14.2. The molecule has 1 heterocycles. The molecule has 0 saturated heterocycles. The summed E-state index contributed by atoms with van der Waals surface area (Å²) in [5.74, 6) is 1.47. The molecule has 0 aliphatic carbocycles. The SMILES string of the molecule is CCCCCCOCCCCCOCCCCCOCCNC(=O)c1ccc(Cc2c(C)nc(N)nc2NCCCC)c(OC)c1. The summed E-state index contributed by atoms with van der Waals surface area (Å²) in [6.45, 7) is 12.1. The van der Waals surface area contributed by atoms with E-state index in [9.17, 15) is 4.79 Å². The second-order valence-corrected chi connectivity index (χ2v) is 11.8. The predicted molar refractivity (Wildman–Crippen MR) is 187 cm³/mol. The number of nitrogens with one attached hydrogen (secondary N) is 2. The van der Waals surface area contributed by atoms with Crippen LogP contribution in [0.1, 0.15) is 118 Å². The van der Waals surface area contributed by atoms with E-state index in [1.165, 1.54) is 25.7 Å². The number of unbranched alkanes of at least 4 members (excludes halogenated alkanes) is 8. The van der Waals surface area contributed by atoms with Crippen LogP contribution >= 0.6 is 0 Å². The molecule has 0 fully saturated rings. The molecule has 0 unspecified atom stereocenters. The standard InChI is InChI=1S/C36H61N5O5/c1-5-7-9-12-21-44-22-13-10-14-23-45-24-15-11-16-25-46-26-20-39-35(42)31-18-17-30(33(28-31)43-4)27-32-29(3)40-36(37)41-34(32)38-19-8-6-2/h17-18,28H,5-16,19-27H2,1-4H3,(H,39,42)(H3,37,38,40,41). The average molecular weight is 644 g/mol. The number of anilines is 2. The normalized spacial score (nSPS) is 11.1. The van der Waals surface area contributed by atoms with Gasteiger partial charge in [-0.3, -0.25) is 4.79 Å². The third kappa shape index (κ3) is 16.6. The van der Waals surface area contributed by atoms with Crippen LogP contribution in [-0.2, 0) is 20.6 Å². The van der Waals surface area contributed by atoms with E-state index >= 15 is 0 Å². The summed E-state index contributed by atoms with van der Waals surface area (Å²) in [5.41, 5.74) is 9.18. The van der Waals surface area contributed by atoms with Crippen LogP contribution in [0.2, 0.25) is 0 Å². The van der Waals surface area contributed by atoms with E-state index in [1.807, 2.05) is 19.1 Å². The molecule has 0 bridgehead atoms. The molecule has 10 heteroatoms. The van der Waals surface area contributed by atoms with Gasteiger partial charge in [-0.25, -0.2) is 4.98 Å². The number of hydrogen-bond donors (Lipinski definition) is 3. The summed E-state index contributed by atoms with van der Waals surface area (Å²) in [5, 5.41) is 6.33. The van der Waals surface area contributed by atoms with Crippen molar-refractivity contribution < 1.29 is 23.7 Å². The molecule has 0 saturated carbocycles. The van der Waals surface area contributed by atoms with Gasteiger partial charge in [-0.15, -0.1) is 0 Å². The lowest BCUT2D eigenvalue weighted by Crippen LogP contribution is -2.27. The fourth-order valence-corrected chi connectivity index (χ4v) is 5.03. The molecule has 1 aromatic carbocycles. The average Bonchev–Trinajstić information content (AvgIpc) is 3.05. The molecule has 10 nitrogen and oxygen atoms in total. The number of aromatic nitrogens is 2. The highest BCUT2D eigenvalue weighted by molar-refractivity contribution is 5.94. The molecule has 2 rings (SSSR count). The van der Waals surface area contributed by atoms with Crippen molar-refractivity contribution in [2.45, 2.75) is 104 Å². The third-order valence-electron chi connectivity index (χ3n) is 7.80. The van der Waals surface area contributed by atoms with Gasteiger partial charge in [-0.05, 0) is 76.0 Å². The largest absolute Gasteiger partial charge is 0.496 e. The van der Waals surface area contributed by atoms with Crippen LogP contribution in [0.25, 0.3) is 0 Å². The Hall–Kier alpha value is -2.95. The zero-order valence-corrected chi connectivity index (χ0v) is 29.1. The van der Waals surface area contributed by atoms with Gasteiger partial charge >= 0.3 is 0 Å². The van der Waals surface area contributed by atoms with E-state index in [0.717, 1.165) is 107 Å². The first-order valence-corrected chi connectivity index (χ1v) is 17.5. The maximum absolute atomic E-state index is 12.8. The Morgan fingerprint density at radius 3 is 1.93 bits per heavy atom. The predicted octanol–water partition coefficient (Wildman–Crippen LogP) is 6.88. The van der Waals surface area contributed by atoms with E-state index in [4.69, 9.17) is 24.7 Å². The van der Waals surface area contributed by atoms with Crippen LogP contribution in [0, 0.1) is 6.92 Å². The highest BCUT2D eigenvalue weighted by Crippen LogP contribution is 2.27. The number of amides is 1. The summed E-state index contributed by atoms with van der Waals surface area (Å²) >= 11 is 0. The smallest absolute Gasteiger partial charge is 0.251 e. The zero-order chi connectivity index (χ0) is 33.2. The Morgan fingerprint density at radius 1 is 0.761 bits per heavy atom. The van der Waals surface area contributed by atoms with Gasteiger partial charge in [0, 0.05) is 69.4 Å². The van der Waals surface area contributed by atoms with Crippen LogP contribution in [-0.4, -0.2) is 75.7 Å². The number of benzene rings is 1. The second-order valence-electron chi connectivity index (χ2n) is 11.8. The molecule has 2 aromatic rings. The topological polar surface area (TPSA) is 130 Å². The second kappa shape index (κ2) is 25.2. The molecular weight excluding hydrogens is 582 g/mol. The molecule has 1 aromatic heterocycles. The van der Waals surface area contributed by atoms with Crippen LogP contribution in [0.3, 0.4) is 0 Å². The number of rotatable bonds is 28. The Labute approximate surface area is 277 Å². The fraction of sp³-hybridized carbons (Fsp3) is 0.694. The highest BCUT2D eigenvalue weighted by Gasteiger charge is 2.16. The Morgan fingerprint density at radius 2 is 1.35 bits per heavy atom. The molecule has 0 spiro atoms. The van der Waals surface area contributed by atoms with Crippen LogP contribution in [0.5, 0.6) is 5.75 Å². The van der Waals surface area contributed by atoms with Crippen molar-refractivity contribution in [2.75, 3.05) is 70.9 Å².